The molecule has 88 valence electrons. The molecule has 1 aromatic heterocycles. The van der Waals surface area contributed by atoms with Gasteiger partial charge in [0.25, 0.3) is 0 Å². The van der Waals surface area contributed by atoms with E-state index in [1.165, 1.54) is 0 Å². The van der Waals surface area contributed by atoms with Crippen LogP contribution in [0.15, 0.2) is 4.52 Å². The lowest BCUT2D eigenvalue weighted by molar-refractivity contribution is -0.141. The van der Waals surface area contributed by atoms with Crippen LogP contribution in [0.5, 0.6) is 0 Å². The van der Waals surface area contributed by atoms with Gasteiger partial charge in [0.2, 0.25) is 0 Å². The predicted octanol–water partition coefficient (Wildman–Crippen LogP) is 1.20. The molecule has 5 nitrogen and oxygen atoms in total. The molecule has 1 atom stereocenters. The van der Waals surface area contributed by atoms with Crippen LogP contribution in [0.3, 0.4) is 0 Å². The molecule has 1 N–H and O–H groups in total. The van der Waals surface area contributed by atoms with Gasteiger partial charge < -0.3 is 9.63 Å². The number of aromatic nitrogens is 1. The molecule has 1 aliphatic heterocycles. The van der Waals surface area contributed by atoms with Crippen LogP contribution < -0.4 is 0 Å². The Morgan fingerprint density at radius 3 is 2.88 bits per heavy atom. The predicted molar refractivity (Wildman–Crippen MR) is 57.0 cm³/mol. The number of aliphatic carboxylic acids is 1. The number of carbonyl (C=O) groups is 1. The second kappa shape index (κ2) is 4.25. The summed E-state index contributed by atoms with van der Waals surface area (Å²) in [4.78, 5) is 13.0. The number of hydrogen-bond acceptors (Lipinski definition) is 4. The molecular formula is C11H16N2O3. The monoisotopic (exact) mass is 224 g/mol. The van der Waals surface area contributed by atoms with Gasteiger partial charge in [-0.2, -0.15) is 0 Å². The smallest absolute Gasteiger partial charge is 0.307 e. The second-order valence-electron chi connectivity index (χ2n) is 4.36. The molecule has 16 heavy (non-hydrogen) atoms. The Morgan fingerprint density at radius 2 is 2.38 bits per heavy atom. The van der Waals surface area contributed by atoms with Crippen LogP contribution in [0.1, 0.15) is 23.4 Å². The van der Waals surface area contributed by atoms with Crippen LogP contribution in [-0.4, -0.2) is 34.2 Å². The summed E-state index contributed by atoms with van der Waals surface area (Å²) in [5.41, 5.74) is 1.99. The van der Waals surface area contributed by atoms with Gasteiger partial charge in [-0.25, -0.2) is 0 Å². The first-order chi connectivity index (χ1) is 7.58. The Bertz CT molecular complexity index is 380. The van der Waals surface area contributed by atoms with Crippen molar-refractivity contribution in [1.29, 1.82) is 0 Å². The van der Waals surface area contributed by atoms with Crippen molar-refractivity contribution < 1.29 is 14.4 Å². The highest BCUT2D eigenvalue weighted by atomic mass is 16.5. The first-order valence-corrected chi connectivity index (χ1v) is 5.45. The fraction of sp³-hybridized carbons (Fsp3) is 0.636. The Balaban J connectivity index is 2.00. The van der Waals surface area contributed by atoms with Gasteiger partial charge in [-0.15, -0.1) is 0 Å². The molecule has 0 radical (unpaired) electrons. The quantitative estimate of drug-likeness (QED) is 0.835. The largest absolute Gasteiger partial charge is 0.481 e. The number of aryl methyl sites for hydroxylation is 2. The van der Waals surface area contributed by atoms with Crippen molar-refractivity contribution in [1.82, 2.24) is 10.1 Å². The van der Waals surface area contributed by atoms with Crippen molar-refractivity contribution in [3.05, 3.63) is 17.0 Å². The zero-order chi connectivity index (χ0) is 11.7. The summed E-state index contributed by atoms with van der Waals surface area (Å²) >= 11 is 0. The van der Waals surface area contributed by atoms with E-state index in [1.54, 1.807) is 0 Å². The van der Waals surface area contributed by atoms with E-state index in [4.69, 9.17) is 9.63 Å². The summed E-state index contributed by atoms with van der Waals surface area (Å²) in [6.07, 6.45) is 0.735. The van der Waals surface area contributed by atoms with Crippen molar-refractivity contribution in [3.8, 4) is 0 Å². The van der Waals surface area contributed by atoms with E-state index in [0.717, 1.165) is 36.5 Å². The summed E-state index contributed by atoms with van der Waals surface area (Å²) in [6.45, 7) is 6.00. The summed E-state index contributed by atoms with van der Waals surface area (Å²) < 4.78 is 5.09. The molecule has 0 saturated carbocycles. The number of likely N-dealkylation sites (tertiary alicyclic amines) is 1. The molecule has 0 bridgehead atoms. The number of carboxylic acids is 1. The molecule has 1 unspecified atom stereocenters. The SMILES string of the molecule is Cc1noc(C)c1CN1CCC(C(=O)O)C1. The molecular weight excluding hydrogens is 208 g/mol. The van der Waals surface area contributed by atoms with Crippen molar-refractivity contribution >= 4 is 5.97 Å². The van der Waals surface area contributed by atoms with Gasteiger partial charge in [0.15, 0.2) is 0 Å². The Labute approximate surface area is 94.0 Å². The van der Waals surface area contributed by atoms with Crippen LogP contribution >= 0.6 is 0 Å². The van der Waals surface area contributed by atoms with Crippen molar-refractivity contribution in [2.24, 2.45) is 5.92 Å². The van der Waals surface area contributed by atoms with Gasteiger partial charge >= 0.3 is 5.97 Å². The maximum absolute atomic E-state index is 10.8. The van der Waals surface area contributed by atoms with Gasteiger partial charge in [0.1, 0.15) is 5.76 Å². The molecule has 5 heteroatoms. The highest BCUT2D eigenvalue weighted by Gasteiger charge is 2.28. The third-order valence-corrected chi connectivity index (χ3v) is 3.18. The second-order valence-corrected chi connectivity index (χ2v) is 4.36. The molecule has 2 heterocycles. The lowest BCUT2D eigenvalue weighted by Gasteiger charge is -2.14. The Kier molecular flexibility index (Phi) is 2.96. The molecule has 0 aliphatic carbocycles. The number of hydrogen-bond donors (Lipinski definition) is 1. The topological polar surface area (TPSA) is 66.6 Å². The van der Waals surface area contributed by atoms with Gasteiger partial charge in [-0.05, 0) is 26.8 Å². The maximum Gasteiger partial charge on any atom is 0.307 e. The normalized spacial score (nSPS) is 21.5. The van der Waals surface area contributed by atoms with Crippen molar-refractivity contribution in [3.63, 3.8) is 0 Å². The number of carboxylic acid groups (broad SMARTS) is 1. The summed E-state index contributed by atoms with van der Waals surface area (Å²) in [5.74, 6) is -0.0852. The molecule has 0 aromatic carbocycles. The first-order valence-electron chi connectivity index (χ1n) is 5.45. The van der Waals surface area contributed by atoms with Crippen LogP contribution in [-0.2, 0) is 11.3 Å². The fourth-order valence-electron chi connectivity index (χ4n) is 2.13. The van der Waals surface area contributed by atoms with Crippen LogP contribution in [0.2, 0.25) is 0 Å². The maximum atomic E-state index is 10.8. The number of nitrogens with zero attached hydrogens (tertiary/aromatic N) is 2. The lowest BCUT2D eigenvalue weighted by Crippen LogP contribution is -2.23. The highest BCUT2D eigenvalue weighted by molar-refractivity contribution is 5.70. The highest BCUT2D eigenvalue weighted by Crippen LogP contribution is 2.21. The average molecular weight is 224 g/mol. The van der Waals surface area contributed by atoms with Crippen LogP contribution in [0.4, 0.5) is 0 Å². The lowest BCUT2D eigenvalue weighted by atomic mass is 10.1. The van der Waals surface area contributed by atoms with E-state index in [9.17, 15) is 4.79 Å². The average Bonchev–Trinajstić information content (AvgIpc) is 2.80. The zero-order valence-corrected chi connectivity index (χ0v) is 9.56. The first kappa shape index (κ1) is 11.1. The third kappa shape index (κ3) is 2.09. The van der Waals surface area contributed by atoms with E-state index in [-0.39, 0.29) is 5.92 Å². The number of rotatable bonds is 3. The van der Waals surface area contributed by atoms with Gasteiger partial charge in [-0.1, -0.05) is 5.16 Å². The molecule has 0 spiro atoms. The van der Waals surface area contributed by atoms with E-state index in [1.807, 2.05) is 13.8 Å². The third-order valence-electron chi connectivity index (χ3n) is 3.18. The van der Waals surface area contributed by atoms with E-state index in [0.29, 0.717) is 6.54 Å². The van der Waals surface area contributed by atoms with E-state index >= 15 is 0 Å². The molecule has 1 aliphatic rings. The van der Waals surface area contributed by atoms with Gasteiger partial charge in [0, 0.05) is 18.7 Å². The summed E-state index contributed by atoms with van der Waals surface area (Å²) in [6, 6.07) is 0. The minimum absolute atomic E-state index is 0.222. The van der Waals surface area contributed by atoms with Crippen molar-refractivity contribution in [2.75, 3.05) is 13.1 Å². The Hall–Kier alpha value is -1.36. The Morgan fingerprint density at radius 1 is 1.62 bits per heavy atom. The van der Waals surface area contributed by atoms with E-state index in [2.05, 4.69) is 10.1 Å². The van der Waals surface area contributed by atoms with Crippen molar-refractivity contribution in [2.45, 2.75) is 26.8 Å². The summed E-state index contributed by atoms with van der Waals surface area (Å²) in [7, 11) is 0. The minimum atomic E-state index is -0.693. The standard InChI is InChI=1S/C11H16N2O3/c1-7-10(8(2)16-12-7)6-13-4-3-9(5-13)11(14)15/h9H,3-6H2,1-2H3,(H,14,15). The molecule has 2 rings (SSSR count). The van der Waals surface area contributed by atoms with E-state index < -0.39 is 5.97 Å². The zero-order valence-electron chi connectivity index (χ0n) is 9.56. The van der Waals surface area contributed by atoms with Gasteiger partial charge in [0.05, 0.1) is 11.6 Å². The molecule has 1 aromatic rings. The van der Waals surface area contributed by atoms with Crippen LogP contribution in [0.25, 0.3) is 0 Å². The summed E-state index contributed by atoms with van der Waals surface area (Å²) in [5, 5.41) is 12.8. The molecule has 0 amide bonds. The molecule has 1 saturated heterocycles. The van der Waals surface area contributed by atoms with Gasteiger partial charge in [-0.3, -0.25) is 9.69 Å². The molecule has 1 fully saturated rings. The van der Waals surface area contributed by atoms with Crippen LogP contribution in [0, 0.1) is 19.8 Å². The fourth-order valence-corrected chi connectivity index (χ4v) is 2.13. The minimum Gasteiger partial charge on any atom is -0.481 e.